The molecule has 0 fully saturated rings. The first-order valence-electron chi connectivity index (χ1n) is 24.2. The molecule has 3 aromatic heterocycles. The fourth-order valence-corrected chi connectivity index (χ4v) is 16.6. The van der Waals surface area contributed by atoms with E-state index in [1.807, 2.05) is 0 Å². The lowest BCUT2D eigenvalue weighted by atomic mass is 10.1. The Morgan fingerprint density at radius 3 is 1.26 bits per heavy atom. The molecular formula is C66H45N3Si. The van der Waals surface area contributed by atoms with Crippen molar-refractivity contribution in [1.29, 1.82) is 0 Å². The van der Waals surface area contributed by atoms with Gasteiger partial charge in [0.05, 0.1) is 44.5 Å². The maximum atomic E-state index is 2.56. The first kappa shape index (κ1) is 40.1. The average Bonchev–Trinajstić information content (AvgIpc) is 4.08. The molecule has 0 amide bonds. The number of aromatic nitrogens is 3. The van der Waals surface area contributed by atoms with Crippen LogP contribution in [0.2, 0.25) is 0 Å². The summed E-state index contributed by atoms with van der Waals surface area (Å²) in [6, 6.07) is 101. The fraction of sp³-hybridized carbons (Fsp3) is 0. The molecule has 328 valence electrons. The summed E-state index contributed by atoms with van der Waals surface area (Å²) >= 11 is 0. The van der Waals surface area contributed by atoms with Gasteiger partial charge in [0.15, 0.2) is 8.07 Å². The lowest BCUT2D eigenvalue weighted by Gasteiger charge is -2.34. The van der Waals surface area contributed by atoms with E-state index >= 15 is 0 Å². The van der Waals surface area contributed by atoms with Crippen LogP contribution in [0.15, 0.2) is 273 Å². The molecular weight excluding hydrogens is 863 g/mol. The molecule has 11 aromatic carbocycles. The summed E-state index contributed by atoms with van der Waals surface area (Å²) in [6.07, 6.45) is 0. The van der Waals surface area contributed by atoms with Gasteiger partial charge in [-0.1, -0.05) is 218 Å². The van der Waals surface area contributed by atoms with Gasteiger partial charge in [-0.15, -0.1) is 0 Å². The Labute approximate surface area is 407 Å². The Kier molecular flexibility index (Phi) is 9.23. The second-order valence-corrected chi connectivity index (χ2v) is 22.2. The fourth-order valence-electron chi connectivity index (χ4n) is 11.9. The Morgan fingerprint density at radius 1 is 0.243 bits per heavy atom. The van der Waals surface area contributed by atoms with E-state index in [1.54, 1.807) is 0 Å². The second-order valence-electron chi connectivity index (χ2n) is 18.4. The molecule has 0 bridgehead atoms. The van der Waals surface area contributed by atoms with Gasteiger partial charge >= 0.3 is 0 Å². The largest absolute Gasteiger partial charge is 0.309 e. The van der Waals surface area contributed by atoms with Crippen LogP contribution in [-0.2, 0) is 0 Å². The molecule has 0 unspecified atom stereocenters. The number of fused-ring (bicyclic) bond motifs is 9. The number of hydrogen-bond donors (Lipinski definition) is 0. The van der Waals surface area contributed by atoms with Crippen LogP contribution >= 0.6 is 0 Å². The Balaban J connectivity index is 1.13. The lowest BCUT2D eigenvalue weighted by Crippen LogP contribution is -2.74. The monoisotopic (exact) mass is 907 g/mol. The molecule has 0 N–H and O–H groups in total. The van der Waals surface area contributed by atoms with Crippen molar-refractivity contribution in [1.82, 2.24) is 13.7 Å². The molecule has 3 nitrogen and oxygen atoms in total. The van der Waals surface area contributed by atoms with Crippen LogP contribution < -0.4 is 20.7 Å². The minimum absolute atomic E-state index is 1.11. The molecule has 0 aliphatic rings. The average molecular weight is 908 g/mol. The number of nitrogens with zero attached hydrogens (tertiary/aromatic N) is 3. The summed E-state index contributed by atoms with van der Waals surface area (Å²) in [5.41, 5.74) is 12.8. The van der Waals surface area contributed by atoms with Crippen LogP contribution in [0.25, 0.3) is 93.6 Å². The molecule has 14 aromatic rings. The van der Waals surface area contributed by atoms with Crippen molar-refractivity contribution in [3.63, 3.8) is 0 Å². The molecule has 3 heterocycles. The summed E-state index contributed by atoms with van der Waals surface area (Å²) in [4.78, 5) is 0. The molecule has 0 aliphatic carbocycles. The Bertz CT molecular complexity index is 4130. The minimum atomic E-state index is -2.88. The van der Waals surface area contributed by atoms with Crippen LogP contribution in [0.5, 0.6) is 0 Å². The summed E-state index contributed by atoms with van der Waals surface area (Å²) < 4.78 is 7.58. The van der Waals surface area contributed by atoms with E-state index in [1.165, 1.54) is 86.3 Å². The first-order valence-corrected chi connectivity index (χ1v) is 26.2. The van der Waals surface area contributed by atoms with Gasteiger partial charge in [0, 0.05) is 38.0 Å². The van der Waals surface area contributed by atoms with E-state index in [0.29, 0.717) is 0 Å². The van der Waals surface area contributed by atoms with E-state index < -0.39 is 8.07 Å². The zero-order chi connectivity index (χ0) is 46.2. The first-order chi connectivity index (χ1) is 34.8. The van der Waals surface area contributed by atoms with Crippen LogP contribution in [0.3, 0.4) is 0 Å². The summed E-state index contributed by atoms with van der Waals surface area (Å²) in [5, 5.41) is 12.8. The van der Waals surface area contributed by atoms with Gasteiger partial charge in [0.25, 0.3) is 0 Å². The Hall–Kier alpha value is -8.96. The molecule has 0 saturated heterocycles. The van der Waals surface area contributed by atoms with Gasteiger partial charge < -0.3 is 13.7 Å². The zero-order valence-electron chi connectivity index (χ0n) is 38.3. The quantitative estimate of drug-likeness (QED) is 0.107. The third kappa shape index (κ3) is 5.94. The lowest BCUT2D eigenvalue weighted by molar-refractivity contribution is 1.13. The van der Waals surface area contributed by atoms with Crippen molar-refractivity contribution in [3.8, 4) is 28.2 Å². The highest BCUT2D eigenvalue weighted by Crippen LogP contribution is 2.43. The number of rotatable bonds is 8. The topological polar surface area (TPSA) is 14.8 Å². The predicted octanol–water partition coefficient (Wildman–Crippen LogP) is 14.0. The molecule has 0 atom stereocenters. The van der Waals surface area contributed by atoms with Crippen LogP contribution in [-0.4, -0.2) is 21.8 Å². The number of para-hydroxylation sites is 4. The van der Waals surface area contributed by atoms with Crippen LogP contribution in [0.4, 0.5) is 0 Å². The Morgan fingerprint density at radius 2 is 0.671 bits per heavy atom. The summed E-state index contributed by atoms with van der Waals surface area (Å²) in [7, 11) is -2.88. The smallest absolute Gasteiger partial charge is 0.179 e. The van der Waals surface area contributed by atoms with Crippen molar-refractivity contribution in [3.05, 3.63) is 273 Å². The van der Waals surface area contributed by atoms with E-state index in [0.717, 1.165) is 28.1 Å². The van der Waals surface area contributed by atoms with E-state index in [-0.39, 0.29) is 0 Å². The van der Waals surface area contributed by atoms with Crippen molar-refractivity contribution in [2.24, 2.45) is 0 Å². The standard InChI is InChI=1S/C66H45N3Si/c1-5-22-46(23-6-1)47-24-19-25-48(44-47)67-61-39-21-40-62(68-58-36-16-13-32-53(58)54-33-14-17-37-59(54)68)65(61)57-35-20-41-63(66(57)67)69-60-38-18-15-34-55(60)56-43-42-52(45-64(56)69)70(49-26-7-2-8-27-49,50-28-9-3-10-29-50)51-30-11-4-12-31-51/h1-45H. The van der Waals surface area contributed by atoms with Crippen molar-refractivity contribution in [2.45, 2.75) is 0 Å². The third-order valence-corrected chi connectivity index (χ3v) is 19.5. The molecule has 0 aliphatic heterocycles. The molecule has 0 saturated carbocycles. The van der Waals surface area contributed by atoms with E-state index in [9.17, 15) is 0 Å². The van der Waals surface area contributed by atoms with Crippen LogP contribution in [0, 0.1) is 0 Å². The second kappa shape index (κ2) is 16.1. The SMILES string of the molecule is c1ccc(-c2cccc(-n3c4cccc(-n5c6ccccc6c6ccccc65)c4c4cccc(-n5c6ccccc6c6ccc([Si](c7ccccc7)(c7ccccc7)c7ccccc7)cc65)c43)c2)cc1. The van der Waals surface area contributed by atoms with Crippen molar-refractivity contribution < 1.29 is 0 Å². The highest BCUT2D eigenvalue weighted by molar-refractivity contribution is 7.20. The minimum Gasteiger partial charge on any atom is -0.309 e. The summed E-state index contributed by atoms with van der Waals surface area (Å²) in [6.45, 7) is 0. The predicted molar refractivity (Wildman–Crippen MR) is 299 cm³/mol. The van der Waals surface area contributed by atoms with E-state index in [4.69, 9.17) is 0 Å². The van der Waals surface area contributed by atoms with Gasteiger partial charge in [-0.05, 0) is 86.5 Å². The van der Waals surface area contributed by atoms with Crippen molar-refractivity contribution in [2.75, 3.05) is 0 Å². The zero-order valence-corrected chi connectivity index (χ0v) is 39.3. The molecule has 0 radical (unpaired) electrons. The molecule has 70 heavy (non-hydrogen) atoms. The number of hydrogen-bond acceptors (Lipinski definition) is 0. The maximum absolute atomic E-state index is 2.88. The van der Waals surface area contributed by atoms with Gasteiger partial charge in [-0.25, -0.2) is 0 Å². The van der Waals surface area contributed by atoms with E-state index in [2.05, 4.69) is 287 Å². The van der Waals surface area contributed by atoms with Gasteiger partial charge in [-0.3, -0.25) is 0 Å². The maximum Gasteiger partial charge on any atom is 0.179 e. The van der Waals surface area contributed by atoms with Crippen LogP contribution in [0.1, 0.15) is 0 Å². The molecule has 14 rings (SSSR count). The highest BCUT2D eigenvalue weighted by atomic mass is 28.3. The third-order valence-electron chi connectivity index (χ3n) is 14.8. The normalized spacial score (nSPS) is 12.0. The number of benzene rings is 11. The highest BCUT2D eigenvalue weighted by Gasteiger charge is 2.41. The van der Waals surface area contributed by atoms with Gasteiger partial charge in [0.1, 0.15) is 0 Å². The molecule has 4 heteroatoms. The van der Waals surface area contributed by atoms with Gasteiger partial charge in [0.2, 0.25) is 0 Å². The molecule has 0 spiro atoms. The van der Waals surface area contributed by atoms with Crippen molar-refractivity contribution >= 4 is 94.2 Å². The van der Waals surface area contributed by atoms with Gasteiger partial charge in [-0.2, -0.15) is 0 Å². The summed E-state index contributed by atoms with van der Waals surface area (Å²) in [5.74, 6) is 0.